The fourth-order valence-electron chi connectivity index (χ4n) is 2.61. The fraction of sp³-hybridized carbons (Fsp3) is 0.278. The molecule has 26 heavy (non-hydrogen) atoms. The first-order valence-electron chi connectivity index (χ1n) is 7.77. The van der Waals surface area contributed by atoms with Crippen LogP contribution in [0.2, 0.25) is 0 Å². The molecule has 8 heteroatoms. The summed E-state index contributed by atoms with van der Waals surface area (Å²) in [5, 5.41) is 1.65. The van der Waals surface area contributed by atoms with Crippen molar-refractivity contribution in [3.63, 3.8) is 0 Å². The molecule has 0 saturated carbocycles. The highest BCUT2D eigenvalue weighted by molar-refractivity contribution is 6.12. The Bertz CT molecular complexity index is 893. The van der Waals surface area contributed by atoms with Crippen molar-refractivity contribution < 1.29 is 31.8 Å². The van der Waals surface area contributed by atoms with Crippen LogP contribution >= 0.6 is 0 Å². The van der Waals surface area contributed by atoms with Crippen LogP contribution < -0.4 is 0 Å². The third-order valence-corrected chi connectivity index (χ3v) is 3.87. The Morgan fingerprint density at radius 2 is 1.42 bits per heavy atom. The van der Waals surface area contributed by atoms with Crippen LogP contribution in [0.25, 0.3) is 21.8 Å². The van der Waals surface area contributed by atoms with Gasteiger partial charge in [-0.05, 0) is 12.1 Å². The number of hydrogen-bond donors (Lipinski definition) is 0. The number of benzene rings is 2. The molecule has 0 fully saturated rings. The van der Waals surface area contributed by atoms with Crippen molar-refractivity contribution >= 4 is 27.9 Å². The van der Waals surface area contributed by atoms with Gasteiger partial charge in [0.25, 0.3) is 0 Å². The summed E-state index contributed by atoms with van der Waals surface area (Å²) < 4.78 is 61.5. The smallest absolute Gasteiger partial charge is 0.419 e. The van der Waals surface area contributed by atoms with Crippen molar-refractivity contribution in [2.75, 3.05) is 13.2 Å². The molecular weight excluding hydrogens is 354 g/mol. The first-order valence-corrected chi connectivity index (χ1v) is 7.77. The van der Waals surface area contributed by atoms with E-state index in [-0.39, 0.29) is 6.92 Å². The first kappa shape index (κ1) is 18.2. The van der Waals surface area contributed by atoms with Gasteiger partial charge in [0.05, 0.1) is 17.6 Å². The minimum absolute atomic E-state index is 0.0527. The van der Waals surface area contributed by atoms with Gasteiger partial charge in [-0.1, -0.05) is 36.4 Å². The van der Waals surface area contributed by atoms with Gasteiger partial charge in [0.15, 0.2) is 0 Å². The molecule has 0 aliphatic carbocycles. The number of rotatable bonds is 5. The maximum atomic E-state index is 13.0. The largest absolute Gasteiger partial charge is 0.446 e. The second-order valence-corrected chi connectivity index (χ2v) is 5.74. The highest BCUT2D eigenvalue weighted by Crippen LogP contribution is 2.34. The molecule has 1 aromatic heterocycles. The van der Waals surface area contributed by atoms with E-state index in [2.05, 4.69) is 4.74 Å². The van der Waals surface area contributed by atoms with Gasteiger partial charge in [0.2, 0.25) is 0 Å². The van der Waals surface area contributed by atoms with Gasteiger partial charge in [-0.15, -0.1) is 0 Å². The summed E-state index contributed by atoms with van der Waals surface area (Å²) in [5.74, 6) is -4.33. The average Bonchev–Trinajstić information content (AvgIpc) is 2.92. The van der Waals surface area contributed by atoms with Crippen LogP contribution in [0.15, 0.2) is 48.5 Å². The minimum Gasteiger partial charge on any atom is -0.446 e. The fourth-order valence-corrected chi connectivity index (χ4v) is 2.61. The van der Waals surface area contributed by atoms with Crippen molar-refractivity contribution in [2.24, 2.45) is 0 Å². The van der Waals surface area contributed by atoms with E-state index >= 15 is 0 Å². The van der Waals surface area contributed by atoms with Crippen LogP contribution in [-0.4, -0.2) is 35.9 Å². The molecule has 0 saturated heterocycles. The molecule has 4 nitrogen and oxygen atoms in total. The summed E-state index contributed by atoms with van der Waals surface area (Å²) >= 11 is 0. The molecule has 138 valence electrons. The van der Waals surface area contributed by atoms with Crippen LogP contribution in [-0.2, 0) is 9.47 Å². The molecule has 0 aliphatic rings. The van der Waals surface area contributed by atoms with E-state index in [9.17, 15) is 22.4 Å². The second kappa shape index (κ2) is 6.60. The van der Waals surface area contributed by atoms with Crippen molar-refractivity contribution in [3.05, 3.63) is 48.5 Å². The maximum Gasteiger partial charge on any atom is 0.419 e. The van der Waals surface area contributed by atoms with Gasteiger partial charge in [-0.3, -0.25) is 0 Å². The zero-order chi connectivity index (χ0) is 18.9. The van der Waals surface area contributed by atoms with E-state index in [4.69, 9.17) is 4.74 Å². The van der Waals surface area contributed by atoms with Gasteiger partial charge in [0.1, 0.15) is 6.61 Å². The van der Waals surface area contributed by atoms with Gasteiger partial charge >= 0.3 is 18.1 Å². The van der Waals surface area contributed by atoms with Crippen molar-refractivity contribution in [3.8, 4) is 0 Å². The molecule has 0 amide bonds. The third-order valence-electron chi connectivity index (χ3n) is 3.87. The summed E-state index contributed by atoms with van der Waals surface area (Å²) in [7, 11) is 0. The Morgan fingerprint density at radius 1 is 0.923 bits per heavy atom. The quantitative estimate of drug-likeness (QED) is 0.467. The zero-order valence-corrected chi connectivity index (χ0v) is 13.7. The van der Waals surface area contributed by atoms with E-state index in [1.54, 1.807) is 24.3 Å². The molecule has 0 aliphatic heterocycles. The third kappa shape index (κ3) is 3.24. The number of halogens is 4. The molecule has 3 aromatic rings. The maximum absolute atomic E-state index is 13.0. The highest BCUT2D eigenvalue weighted by Gasteiger charge is 2.53. The van der Waals surface area contributed by atoms with E-state index in [1.807, 2.05) is 24.3 Å². The van der Waals surface area contributed by atoms with Crippen LogP contribution in [0.3, 0.4) is 0 Å². The van der Waals surface area contributed by atoms with Crippen LogP contribution in [0.5, 0.6) is 0 Å². The number of carbonyl (C=O) groups is 1. The second-order valence-electron chi connectivity index (χ2n) is 5.74. The predicted octanol–water partition coefficient (Wildman–Crippen LogP) is 5.04. The van der Waals surface area contributed by atoms with Gasteiger partial charge in [0, 0.05) is 17.7 Å². The molecule has 2 aromatic carbocycles. The minimum atomic E-state index is -4.63. The lowest BCUT2D eigenvalue weighted by Gasteiger charge is -2.22. The first-order chi connectivity index (χ1) is 12.2. The van der Waals surface area contributed by atoms with Gasteiger partial charge in [-0.2, -0.15) is 17.6 Å². The van der Waals surface area contributed by atoms with E-state index in [0.29, 0.717) is 11.0 Å². The van der Waals surface area contributed by atoms with Crippen molar-refractivity contribution in [1.29, 1.82) is 0 Å². The molecule has 3 rings (SSSR count). The monoisotopic (exact) mass is 369 g/mol. The normalized spacial score (nSPS) is 12.7. The molecule has 0 N–H and O–H groups in total. The number of aromatic nitrogens is 1. The summed E-state index contributed by atoms with van der Waals surface area (Å²) in [5.41, 5.74) is 1.18. The number of para-hydroxylation sites is 2. The lowest BCUT2D eigenvalue weighted by atomic mass is 10.2. The summed E-state index contributed by atoms with van der Waals surface area (Å²) in [4.78, 5) is 12.4. The van der Waals surface area contributed by atoms with Crippen molar-refractivity contribution in [2.45, 2.75) is 19.0 Å². The molecule has 0 unspecified atom stereocenters. The number of ether oxygens (including phenoxy) is 2. The zero-order valence-electron chi connectivity index (χ0n) is 13.7. The number of carbonyl (C=O) groups excluding carboxylic acids is 1. The molecule has 0 radical (unpaired) electrons. The van der Waals surface area contributed by atoms with E-state index in [0.717, 1.165) is 10.8 Å². The van der Waals surface area contributed by atoms with E-state index < -0.39 is 31.3 Å². The summed E-state index contributed by atoms with van der Waals surface area (Å²) in [6, 6.07) is 14.3. The number of fused-ring (bicyclic) bond motifs is 3. The number of hydrogen-bond acceptors (Lipinski definition) is 3. The van der Waals surface area contributed by atoms with Gasteiger partial charge in [-0.25, -0.2) is 9.36 Å². The highest BCUT2D eigenvalue weighted by atomic mass is 19.3. The van der Waals surface area contributed by atoms with Crippen LogP contribution in [0.4, 0.5) is 22.4 Å². The Kier molecular flexibility index (Phi) is 4.62. The molecule has 1 heterocycles. The Hall–Kier alpha value is -2.61. The molecule has 0 spiro atoms. The Morgan fingerprint density at radius 3 is 1.92 bits per heavy atom. The van der Waals surface area contributed by atoms with Gasteiger partial charge < -0.3 is 9.47 Å². The lowest BCUT2D eigenvalue weighted by Crippen LogP contribution is -2.41. The Balaban J connectivity index is 1.76. The topological polar surface area (TPSA) is 40.5 Å². The van der Waals surface area contributed by atoms with Crippen LogP contribution in [0.1, 0.15) is 6.92 Å². The molecular formula is C18H15F4NO3. The SMILES string of the molecule is CC(F)(F)C(F)(F)OCCOC(=O)n1c2ccccc2c2ccccc21. The van der Waals surface area contributed by atoms with Crippen molar-refractivity contribution in [1.82, 2.24) is 4.57 Å². The number of alkyl halides is 4. The Labute approximate surface area is 145 Å². The van der Waals surface area contributed by atoms with Crippen LogP contribution in [0, 0.1) is 0 Å². The molecule has 0 bridgehead atoms. The standard InChI is InChI=1S/C18H15F4NO3/c1-17(19,20)18(21,22)26-11-10-25-16(24)23-14-8-4-2-6-12(14)13-7-3-5-9-15(13)23/h2-9H,10-11H2,1H3. The average molecular weight is 369 g/mol. The van der Waals surface area contributed by atoms with E-state index in [1.165, 1.54) is 4.57 Å². The number of nitrogens with zero attached hydrogens (tertiary/aromatic N) is 1. The lowest BCUT2D eigenvalue weighted by molar-refractivity contribution is -0.342. The molecule has 0 atom stereocenters. The summed E-state index contributed by atoms with van der Waals surface area (Å²) in [6.45, 7) is -1.40. The predicted molar refractivity (Wildman–Crippen MR) is 87.7 cm³/mol. The summed E-state index contributed by atoms with van der Waals surface area (Å²) in [6.07, 6.45) is -5.44.